The van der Waals surface area contributed by atoms with E-state index in [9.17, 15) is 0 Å². The molecule has 18 heavy (non-hydrogen) atoms. The van der Waals surface area contributed by atoms with Crippen LogP contribution in [0.25, 0.3) is 16.9 Å². The fraction of sp³-hybridized carbons (Fsp3) is 0.0714. The molecule has 0 bridgehead atoms. The molecule has 2 heterocycles. The van der Waals surface area contributed by atoms with Crippen molar-refractivity contribution in [3.05, 3.63) is 59.4 Å². The molecule has 92 valence electrons. The predicted octanol–water partition coefficient (Wildman–Crippen LogP) is 0.967. The number of fused-ring (bicyclic) bond motifs is 1. The van der Waals surface area contributed by atoms with Gasteiger partial charge in [0.2, 0.25) is 0 Å². The number of hydrogen-bond acceptors (Lipinski definition) is 1. The molecule has 2 nitrogen and oxygen atoms in total. The second-order valence-electron chi connectivity index (χ2n) is 4.03. The fourth-order valence-electron chi connectivity index (χ4n) is 1.95. The Morgan fingerprint density at radius 1 is 1.11 bits per heavy atom. The minimum atomic E-state index is 0. The summed E-state index contributed by atoms with van der Waals surface area (Å²) in [6.07, 6.45) is 4.00. The van der Waals surface area contributed by atoms with Crippen molar-refractivity contribution in [2.75, 3.05) is 0 Å². The number of aromatic nitrogens is 2. The van der Waals surface area contributed by atoms with E-state index in [0.29, 0.717) is 0 Å². The molecule has 1 aromatic carbocycles. The predicted molar refractivity (Wildman–Crippen MR) is 70.4 cm³/mol. The van der Waals surface area contributed by atoms with E-state index in [4.69, 9.17) is 11.6 Å². The van der Waals surface area contributed by atoms with Gasteiger partial charge in [0.25, 0.3) is 0 Å². The molecule has 0 N–H and O–H groups in total. The first-order chi connectivity index (χ1) is 8.25. The number of imidazole rings is 1. The number of nitrogens with zero attached hydrogens (tertiary/aromatic N) is 2. The molecule has 0 amide bonds. The molecular formula is C14H11BrClN2-. The third-order valence-electron chi connectivity index (χ3n) is 2.83. The molecule has 0 saturated carbocycles. The second kappa shape index (κ2) is 5.12. The van der Waals surface area contributed by atoms with Gasteiger partial charge in [0.1, 0.15) is 5.65 Å². The zero-order valence-corrected chi connectivity index (χ0v) is 12.1. The molecule has 4 heteroatoms. The monoisotopic (exact) mass is 321 g/mol. The lowest BCUT2D eigenvalue weighted by atomic mass is 10.2. The molecule has 2 aromatic heterocycles. The maximum Gasteiger partial charge on any atom is 0.140 e. The summed E-state index contributed by atoms with van der Waals surface area (Å²) in [5.41, 5.74) is 4.01. The zero-order valence-electron chi connectivity index (χ0n) is 9.77. The first-order valence-electron chi connectivity index (χ1n) is 5.45. The summed E-state index contributed by atoms with van der Waals surface area (Å²) in [7, 11) is 0. The number of hydrogen-bond donors (Lipinski definition) is 0. The highest BCUT2D eigenvalue weighted by Gasteiger charge is 2.08. The first-order valence-corrected chi connectivity index (χ1v) is 5.83. The summed E-state index contributed by atoms with van der Waals surface area (Å²) < 4.78 is 2.02. The normalized spacial score (nSPS) is 10.3. The number of benzene rings is 1. The Morgan fingerprint density at radius 2 is 1.89 bits per heavy atom. The summed E-state index contributed by atoms with van der Waals surface area (Å²) in [4.78, 5) is 4.62. The van der Waals surface area contributed by atoms with E-state index in [1.54, 1.807) is 0 Å². The van der Waals surface area contributed by atoms with Crippen LogP contribution in [0.3, 0.4) is 0 Å². The third kappa shape index (κ3) is 2.16. The Kier molecular flexibility index (Phi) is 3.73. The van der Waals surface area contributed by atoms with Crippen LogP contribution in [-0.2, 0) is 0 Å². The van der Waals surface area contributed by atoms with Gasteiger partial charge in [0, 0.05) is 18.0 Å². The van der Waals surface area contributed by atoms with Crippen LogP contribution >= 0.6 is 11.6 Å². The number of rotatable bonds is 1. The summed E-state index contributed by atoms with van der Waals surface area (Å²) >= 11 is 6.18. The molecule has 3 aromatic rings. The Hall–Kier alpha value is -1.32. The largest absolute Gasteiger partial charge is 1.00 e. The zero-order chi connectivity index (χ0) is 11.8. The van der Waals surface area contributed by atoms with Crippen LogP contribution in [0.15, 0.2) is 48.8 Å². The lowest BCUT2D eigenvalue weighted by Gasteiger charge is -1.97. The van der Waals surface area contributed by atoms with Gasteiger partial charge >= 0.3 is 0 Å². The van der Waals surface area contributed by atoms with Gasteiger partial charge in [-0.1, -0.05) is 35.9 Å². The molecule has 0 radical (unpaired) electrons. The van der Waals surface area contributed by atoms with Crippen molar-refractivity contribution < 1.29 is 17.0 Å². The minimum absolute atomic E-state index is 0. The van der Waals surface area contributed by atoms with Crippen LogP contribution in [0.2, 0.25) is 5.02 Å². The molecule has 0 aliphatic rings. The Labute approximate surface area is 121 Å². The van der Waals surface area contributed by atoms with E-state index in [0.717, 1.165) is 27.5 Å². The summed E-state index contributed by atoms with van der Waals surface area (Å²) in [5, 5.41) is 0.730. The Morgan fingerprint density at radius 3 is 2.61 bits per heavy atom. The van der Waals surface area contributed by atoms with Crippen molar-refractivity contribution >= 4 is 17.2 Å². The van der Waals surface area contributed by atoms with Crippen molar-refractivity contribution in [1.82, 2.24) is 9.38 Å². The topological polar surface area (TPSA) is 17.3 Å². The smallest absolute Gasteiger partial charge is 0.140 e. The van der Waals surface area contributed by atoms with E-state index in [2.05, 4.69) is 18.0 Å². The van der Waals surface area contributed by atoms with Crippen LogP contribution in [0.5, 0.6) is 0 Å². The molecule has 0 unspecified atom stereocenters. The van der Waals surface area contributed by atoms with Crippen molar-refractivity contribution in [2.45, 2.75) is 6.92 Å². The Bertz CT molecular complexity index is 691. The van der Waals surface area contributed by atoms with Crippen molar-refractivity contribution in [1.29, 1.82) is 0 Å². The fourth-order valence-corrected chi connectivity index (χ4v) is 2.18. The summed E-state index contributed by atoms with van der Waals surface area (Å²) in [6, 6.07) is 11.8. The van der Waals surface area contributed by atoms with Crippen molar-refractivity contribution in [3.8, 4) is 11.3 Å². The lowest BCUT2D eigenvalue weighted by molar-refractivity contribution is -0.00000339. The van der Waals surface area contributed by atoms with Gasteiger partial charge in [0.15, 0.2) is 0 Å². The van der Waals surface area contributed by atoms with Gasteiger partial charge in [-0.25, -0.2) is 4.98 Å². The van der Waals surface area contributed by atoms with Crippen LogP contribution in [0.1, 0.15) is 5.56 Å². The van der Waals surface area contributed by atoms with E-state index >= 15 is 0 Å². The SMILES string of the molecule is Cc1cccn2cc(-c3ccccc3Cl)nc12.[Br-]. The molecule has 0 aliphatic heterocycles. The second-order valence-corrected chi connectivity index (χ2v) is 4.44. The number of pyridine rings is 1. The van der Waals surface area contributed by atoms with E-state index < -0.39 is 0 Å². The third-order valence-corrected chi connectivity index (χ3v) is 3.16. The molecule has 0 aliphatic carbocycles. The van der Waals surface area contributed by atoms with E-state index in [1.807, 2.05) is 47.1 Å². The van der Waals surface area contributed by atoms with Crippen LogP contribution in [0.4, 0.5) is 0 Å². The number of halogens is 2. The molecular weight excluding hydrogens is 312 g/mol. The first kappa shape index (κ1) is 13.1. The van der Waals surface area contributed by atoms with Crippen LogP contribution in [-0.4, -0.2) is 9.38 Å². The molecule has 0 fully saturated rings. The summed E-state index contributed by atoms with van der Waals surface area (Å²) in [6.45, 7) is 2.05. The highest BCUT2D eigenvalue weighted by atomic mass is 79.9. The average Bonchev–Trinajstić information content (AvgIpc) is 2.75. The molecule has 0 atom stereocenters. The van der Waals surface area contributed by atoms with E-state index in [1.165, 1.54) is 0 Å². The Balaban J connectivity index is 0.00000120. The average molecular weight is 323 g/mol. The van der Waals surface area contributed by atoms with Gasteiger partial charge in [-0.2, -0.15) is 0 Å². The molecule has 3 rings (SSSR count). The van der Waals surface area contributed by atoms with Gasteiger partial charge < -0.3 is 21.4 Å². The van der Waals surface area contributed by atoms with Gasteiger partial charge in [0.05, 0.1) is 10.7 Å². The minimum Gasteiger partial charge on any atom is -1.00 e. The van der Waals surface area contributed by atoms with Crippen molar-refractivity contribution in [3.63, 3.8) is 0 Å². The highest BCUT2D eigenvalue weighted by molar-refractivity contribution is 6.33. The highest BCUT2D eigenvalue weighted by Crippen LogP contribution is 2.27. The van der Waals surface area contributed by atoms with Crippen LogP contribution < -0.4 is 17.0 Å². The van der Waals surface area contributed by atoms with Gasteiger partial charge in [-0.3, -0.25) is 0 Å². The maximum absolute atomic E-state index is 6.18. The van der Waals surface area contributed by atoms with Crippen LogP contribution in [0, 0.1) is 6.92 Å². The molecule has 0 spiro atoms. The summed E-state index contributed by atoms with van der Waals surface area (Å²) in [5.74, 6) is 0. The van der Waals surface area contributed by atoms with E-state index in [-0.39, 0.29) is 17.0 Å². The van der Waals surface area contributed by atoms with Crippen molar-refractivity contribution in [2.24, 2.45) is 0 Å². The molecule has 0 saturated heterocycles. The number of aryl methyl sites for hydroxylation is 1. The standard InChI is InChI=1S/C14H11ClN2.BrH/c1-10-5-4-8-17-9-13(16-14(10)17)11-6-2-3-7-12(11)15;/h2-9H,1H3;1H/p-1. The quantitative estimate of drug-likeness (QED) is 0.652. The van der Waals surface area contributed by atoms with Gasteiger partial charge in [-0.15, -0.1) is 0 Å². The maximum atomic E-state index is 6.18. The van der Waals surface area contributed by atoms with Gasteiger partial charge in [-0.05, 0) is 24.6 Å². The lowest BCUT2D eigenvalue weighted by Crippen LogP contribution is -3.00.